The molecule has 2 aliphatic carbocycles. The number of ether oxygens (including phenoxy) is 2. The number of methoxy groups -OCH3 is 2. The molecule has 5 heteroatoms. The Labute approximate surface area is 131 Å². The first-order valence-corrected chi connectivity index (χ1v) is 7.89. The smallest absolute Gasteiger partial charge is 0.193 e. The first-order chi connectivity index (χ1) is 10.7. The van der Waals surface area contributed by atoms with Gasteiger partial charge >= 0.3 is 0 Å². The summed E-state index contributed by atoms with van der Waals surface area (Å²) in [6.07, 6.45) is 5.00. The molecular formula is C17H25N3O2. The Balaban J connectivity index is 1.69. The molecule has 0 radical (unpaired) electrons. The number of anilines is 1. The van der Waals surface area contributed by atoms with Gasteiger partial charge in [-0.1, -0.05) is 24.6 Å². The monoisotopic (exact) mass is 303 g/mol. The molecule has 2 fully saturated rings. The van der Waals surface area contributed by atoms with E-state index in [-0.39, 0.29) is 11.5 Å². The fourth-order valence-electron chi connectivity index (χ4n) is 3.74. The van der Waals surface area contributed by atoms with Crippen LogP contribution >= 0.6 is 0 Å². The van der Waals surface area contributed by atoms with E-state index in [9.17, 15) is 0 Å². The van der Waals surface area contributed by atoms with Gasteiger partial charge in [-0.2, -0.15) is 0 Å². The maximum atomic E-state index is 6.13. The molecule has 120 valence electrons. The maximum absolute atomic E-state index is 6.13. The fraction of sp³-hybridized carbons (Fsp3) is 0.588. The summed E-state index contributed by atoms with van der Waals surface area (Å²) in [5, 5.41) is 3.22. The quantitative estimate of drug-likeness (QED) is 0.648. The van der Waals surface area contributed by atoms with Crippen LogP contribution in [0.2, 0.25) is 0 Å². The van der Waals surface area contributed by atoms with Gasteiger partial charge in [0.1, 0.15) is 0 Å². The predicted molar refractivity (Wildman–Crippen MR) is 87.9 cm³/mol. The van der Waals surface area contributed by atoms with Crippen molar-refractivity contribution in [3.8, 4) is 0 Å². The summed E-state index contributed by atoms with van der Waals surface area (Å²) in [6, 6.07) is 8.27. The lowest BCUT2D eigenvalue weighted by Crippen LogP contribution is -2.61. The zero-order chi connectivity index (χ0) is 15.6. The summed E-state index contributed by atoms with van der Waals surface area (Å²) in [6.45, 7) is 0.551. The van der Waals surface area contributed by atoms with Gasteiger partial charge < -0.3 is 20.5 Å². The van der Waals surface area contributed by atoms with Crippen molar-refractivity contribution in [2.45, 2.75) is 44.4 Å². The van der Waals surface area contributed by atoms with Crippen LogP contribution in [0.3, 0.4) is 0 Å². The summed E-state index contributed by atoms with van der Waals surface area (Å²) in [5.41, 5.74) is 8.40. The van der Waals surface area contributed by atoms with Crippen molar-refractivity contribution in [2.24, 2.45) is 16.1 Å². The second kappa shape index (κ2) is 6.26. The van der Waals surface area contributed by atoms with Gasteiger partial charge in [0.15, 0.2) is 5.96 Å². The van der Waals surface area contributed by atoms with Crippen LogP contribution in [0.25, 0.3) is 0 Å². The molecular weight excluding hydrogens is 278 g/mol. The second-order valence-corrected chi connectivity index (χ2v) is 6.29. The molecule has 3 rings (SSSR count). The van der Waals surface area contributed by atoms with Gasteiger partial charge in [-0.25, -0.2) is 4.99 Å². The van der Waals surface area contributed by atoms with Crippen molar-refractivity contribution in [1.82, 2.24) is 0 Å². The molecule has 0 saturated heterocycles. The summed E-state index contributed by atoms with van der Waals surface area (Å²) in [5.74, 6) is 0.481. The highest BCUT2D eigenvalue weighted by molar-refractivity contribution is 5.93. The minimum absolute atomic E-state index is 0.243. The lowest BCUT2D eigenvalue weighted by Gasteiger charge is -2.59. The molecule has 1 spiro atoms. The molecule has 0 bridgehead atoms. The average molecular weight is 303 g/mol. The number of aliphatic imine (C=N–C) groups is 1. The summed E-state index contributed by atoms with van der Waals surface area (Å²) >= 11 is 0. The standard InChI is InChI=1S/C17H25N3O2/c1-21-11-12-6-3-4-7-13(12)19-16(18)20-14-10-15(22-2)17(14)8-5-9-17/h3-4,6-7,14-15H,5,8-11H2,1-2H3,(H3,18,19,20). The number of hydrogen-bond donors (Lipinski definition) is 2. The Morgan fingerprint density at radius 2 is 2.14 bits per heavy atom. The molecule has 22 heavy (non-hydrogen) atoms. The second-order valence-electron chi connectivity index (χ2n) is 6.29. The van der Waals surface area contributed by atoms with E-state index in [0.29, 0.717) is 18.7 Å². The molecule has 2 unspecified atom stereocenters. The summed E-state index contributed by atoms with van der Waals surface area (Å²) < 4.78 is 10.8. The average Bonchev–Trinajstić information content (AvgIpc) is 2.43. The molecule has 5 nitrogen and oxygen atoms in total. The highest BCUT2D eigenvalue weighted by atomic mass is 16.5. The number of hydrogen-bond acceptors (Lipinski definition) is 3. The fourth-order valence-corrected chi connectivity index (χ4v) is 3.74. The van der Waals surface area contributed by atoms with Gasteiger partial charge in [-0.05, 0) is 25.3 Å². The molecule has 0 aromatic heterocycles. The third-order valence-electron chi connectivity index (χ3n) is 5.19. The largest absolute Gasteiger partial charge is 0.381 e. The van der Waals surface area contributed by atoms with E-state index >= 15 is 0 Å². The van der Waals surface area contributed by atoms with Crippen LogP contribution in [-0.2, 0) is 16.1 Å². The zero-order valence-corrected chi connectivity index (χ0v) is 13.3. The van der Waals surface area contributed by atoms with E-state index in [1.807, 2.05) is 24.3 Å². The lowest BCUT2D eigenvalue weighted by atomic mass is 9.51. The van der Waals surface area contributed by atoms with Gasteiger partial charge in [-0.15, -0.1) is 0 Å². The summed E-state index contributed by atoms with van der Waals surface area (Å²) in [7, 11) is 3.49. The molecule has 3 N–H and O–H groups in total. The maximum Gasteiger partial charge on any atom is 0.193 e. The topological polar surface area (TPSA) is 68.9 Å². The number of nitrogens with zero attached hydrogens (tertiary/aromatic N) is 1. The zero-order valence-electron chi connectivity index (χ0n) is 13.3. The van der Waals surface area contributed by atoms with Crippen LogP contribution in [0.4, 0.5) is 5.69 Å². The number of rotatable bonds is 5. The van der Waals surface area contributed by atoms with E-state index in [1.165, 1.54) is 19.3 Å². The van der Waals surface area contributed by atoms with Gasteiger partial charge in [0, 0.05) is 30.9 Å². The Morgan fingerprint density at radius 3 is 2.77 bits per heavy atom. The first kappa shape index (κ1) is 15.3. The van der Waals surface area contributed by atoms with Crippen molar-refractivity contribution in [3.05, 3.63) is 29.8 Å². The number of nitrogens with one attached hydrogen (secondary N) is 1. The lowest BCUT2D eigenvalue weighted by molar-refractivity contribution is -0.150. The SMILES string of the molecule is COCc1ccccc1NC(N)=NC1CC(OC)C12CCC2. The van der Waals surface area contributed by atoms with Crippen LogP contribution in [0.1, 0.15) is 31.2 Å². The van der Waals surface area contributed by atoms with E-state index in [2.05, 4.69) is 5.32 Å². The van der Waals surface area contributed by atoms with E-state index in [0.717, 1.165) is 17.7 Å². The van der Waals surface area contributed by atoms with Crippen molar-refractivity contribution in [1.29, 1.82) is 0 Å². The normalized spacial score (nSPS) is 26.4. The van der Waals surface area contributed by atoms with Crippen LogP contribution in [0, 0.1) is 5.41 Å². The molecule has 1 aromatic carbocycles. The molecule has 2 atom stereocenters. The van der Waals surface area contributed by atoms with Crippen molar-refractivity contribution in [3.63, 3.8) is 0 Å². The molecule has 0 heterocycles. The minimum Gasteiger partial charge on any atom is -0.381 e. The Morgan fingerprint density at radius 1 is 1.36 bits per heavy atom. The van der Waals surface area contributed by atoms with Crippen molar-refractivity contribution >= 4 is 11.6 Å². The van der Waals surface area contributed by atoms with Crippen LogP contribution < -0.4 is 11.1 Å². The van der Waals surface area contributed by atoms with E-state index in [1.54, 1.807) is 14.2 Å². The molecule has 0 aliphatic heterocycles. The Bertz CT molecular complexity index is 555. The van der Waals surface area contributed by atoms with Gasteiger partial charge in [0.25, 0.3) is 0 Å². The number of guanidine groups is 1. The van der Waals surface area contributed by atoms with Gasteiger partial charge in [-0.3, -0.25) is 0 Å². The number of para-hydroxylation sites is 1. The predicted octanol–water partition coefficient (Wildman–Crippen LogP) is 2.52. The molecule has 2 saturated carbocycles. The van der Waals surface area contributed by atoms with E-state index in [4.69, 9.17) is 20.2 Å². The van der Waals surface area contributed by atoms with Gasteiger partial charge in [0.05, 0.1) is 18.8 Å². The van der Waals surface area contributed by atoms with Crippen LogP contribution in [0.15, 0.2) is 29.3 Å². The molecule has 1 aromatic rings. The highest BCUT2D eigenvalue weighted by Gasteiger charge is 2.58. The minimum atomic E-state index is 0.243. The summed E-state index contributed by atoms with van der Waals surface area (Å²) in [4.78, 5) is 4.71. The third-order valence-corrected chi connectivity index (χ3v) is 5.19. The van der Waals surface area contributed by atoms with E-state index < -0.39 is 0 Å². The first-order valence-electron chi connectivity index (χ1n) is 7.89. The molecule has 2 aliphatic rings. The number of nitrogens with two attached hydrogens (primary N) is 1. The third kappa shape index (κ3) is 2.59. The number of benzene rings is 1. The van der Waals surface area contributed by atoms with Crippen molar-refractivity contribution in [2.75, 3.05) is 19.5 Å². The van der Waals surface area contributed by atoms with Crippen LogP contribution in [-0.4, -0.2) is 32.3 Å². The van der Waals surface area contributed by atoms with Gasteiger partial charge in [0.2, 0.25) is 0 Å². The Kier molecular flexibility index (Phi) is 4.36. The molecule has 0 amide bonds. The Hall–Kier alpha value is -1.59. The highest BCUT2D eigenvalue weighted by Crippen LogP contribution is 2.58. The van der Waals surface area contributed by atoms with Crippen LogP contribution in [0.5, 0.6) is 0 Å². The van der Waals surface area contributed by atoms with Crippen molar-refractivity contribution < 1.29 is 9.47 Å².